The fourth-order valence-corrected chi connectivity index (χ4v) is 2.87. The molecule has 7 nitrogen and oxygen atoms in total. The first-order valence-corrected chi connectivity index (χ1v) is 9.66. The minimum atomic E-state index is -0.424. The van der Waals surface area contributed by atoms with Crippen LogP contribution in [0.2, 0.25) is 0 Å². The second-order valence-electron chi connectivity index (χ2n) is 7.15. The van der Waals surface area contributed by atoms with E-state index >= 15 is 0 Å². The van der Waals surface area contributed by atoms with Gasteiger partial charge in [0.05, 0.1) is 6.54 Å². The Morgan fingerprint density at radius 1 is 0.933 bits per heavy atom. The van der Waals surface area contributed by atoms with Crippen LogP contribution in [0.3, 0.4) is 0 Å². The fourth-order valence-electron chi connectivity index (χ4n) is 2.87. The van der Waals surface area contributed by atoms with Gasteiger partial charge in [0.25, 0.3) is 11.5 Å². The number of amides is 2. The van der Waals surface area contributed by atoms with E-state index in [1.807, 2.05) is 51.1 Å². The number of anilines is 2. The van der Waals surface area contributed by atoms with Crippen molar-refractivity contribution in [2.24, 2.45) is 0 Å². The highest BCUT2D eigenvalue weighted by molar-refractivity contribution is 6.02. The lowest BCUT2D eigenvalue weighted by molar-refractivity contribution is -0.116. The molecule has 0 aliphatic carbocycles. The molecule has 7 heteroatoms. The standard InChI is InChI=1S/C23H24N4O3/c1-15-7-9-18(10-8-15)24-23(30)20-11-12-22(29)27(26-20)14-13-21(28)25-19-6-4-5-16(2)17(19)3/h4-12H,13-14H2,1-3H3,(H,24,30)(H,25,28). The molecule has 0 unspecified atom stereocenters. The van der Waals surface area contributed by atoms with E-state index in [1.54, 1.807) is 12.1 Å². The topological polar surface area (TPSA) is 93.1 Å². The molecule has 0 radical (unpaired) electrons. The highest BCUT2D eigenvalue weighted by atomic mass is 16.2. The number of aromatic nitrogens is 2. The second-order valence-corrected chi connectivity index (χ2v) is 7.15. The van der Waals surface area contributed by atoms with Crippen molar-refractivity contribution in [3.05, 3.63) is 87.3 Å². The molecular formula is C23H24N4O3. The molecular weight excluding hydrogens is 380 g/mol. The average molecular weight is 404 g/mol. The van der Waals surface area contributed by atoms with Gasteiger partial charge in [0.1, 0.15) is 5.69 Å². The molecule has 0 spiro atoms. The van der Waals surface area contributed by atoms with Crippen LogP contribution in [0.15, 0.2) is 59.4 Å². The summed E-state index contributed by atoms with van der Waals surface area (Å²) >= 11 is 0. The zero-order valence-electron chi connectivity index (χ0n) is 17.2. The van der Waals surface area contributed by atoms with Crippen LogP contribution in [-0.2, 0) is 11.3 Å². The number of nitrogens with zero attached hydrogens (tertiary/aromatic N) is 2. The van der Waals surface area contributed by atoms with Crippen LogP contribution in [0.25, 0.3) is 0 Å². The number of rotatable bonds is 6. The van der Waals surface area contributed by atoms with E-state index in [4.69, 9.17) is 0 Å². The lowest BCUT2D eigenvalue weighted by Gasteiger charge is -2.11. The van der Waals surface area contributed by atoms with Crippen molar-refractivity contribution in [3.8, 4) is 0 Å². The highest BCUT2D eigenvalue weighted by Crippen LogP contribution is 2.18. The van der Waals surface area contributed by atoms with Gasteiger partial charge in [-0.05, 0) is 56.2 Å². The molecule has 154 valence electrons. The molecule has 2 aromatic carbocycles. The Labute approximate surface area is 174 Å². The molecule has 0 bridgehead atoms. The lowest BCUT2D eigenvalue weighted by atomic mass is 10.1. The maximum absolute atomic E-state index is 12.4. The third kappa shape index (κ3) is 5.20. The predicted molar refractivity (Wildman–Crippen MR) is 117 cm³/mol. The summed E-state index contributed by atoms with van der Waals surface area (Å²) in [6.45, 7) is 5.94. The van der Waals surface area contributed by atoms with Gasteiger partial charge in [0.2, 0.25) is 5.91 Å². The molecule has 0 saturated heterocycles. The van der Waals surface area contributed by atoms with Gasteiger partial charge < -0.3 is 10.6 Å². The molecule has 1 heterocycles. The van der Waals surface area contributed by atoms with Crippen molar-refractivity contribution in [2.75, 3.05) is 10.6 Å². The molecule has 3 rings (SSSR count). The van der Waals surface area contributed by atoms with Gasteiger partial charge in [-0.3, -0.25) is 14.4 Å². The highest BCUT2D eigenvalue weighted by Gasteiger charge is 2.12. The minimum absolute atomic E-state index is 0.0589. The molecule has 0 aliphatic rings. The van der Waals surface area contributed by atoms with E-state index in [1.165, 1.54) is 12.1 Å². The fraction of sp³-hybridized carbons (Fsp3) is 0.217. The van der Waals surface area contributed by atoms with Crippen LogP contribution < -0.4 is 16.2 Å². The smallest absolute Gasteiger partial charge is 0.276 e. The van der Waals surface area contributed by atoms with Crippen LogP contribution in [0.4, 0.5) is 11.4 Å². The zero-order chi connectivity index (χ0) is 21.7. The first-order chi connectivity index (χ1) is 14.3. The monoisotopic (exact) mass is 404 g/mol. The minimum Gasteiger partial charge on any atom is -0.326 e. The summed E-state index contributed by atoms with van der Waals surface area (Å²) in [5, 5.41) is 9.71. The van der Waals surface area contributed by atoms with Crippen molar-refractivity contribution >= 4 is 23.2 Å². The SMILES string of the molecule is Cc1ccc(NC(=O)c2ccc(=O)n(CCC(=O)Nc3cccc(C)c3C)n2)cc1. The van der Waals surface area contributed by atoms with Gasteiger partial charge in [-0.2, -0.15) is 5.10 Å². The molecule has 0 saturated carbocycles. The van der Waals surface area contributed by atoms with Gasteiger partial charge in [0, 0.05) is 23.9 Å². The van der Waals surface area contributed by atoms with Crippen molar-refractivity contribution in [1.82, 2.24) is 9.78 Å². The number of nitrogens with one attached hydrogen (secondary N) is 2. The molecule has 0 fully saturated rings. The number of hydrogen-bond donors (Lipinski definition) is 2. The number of benzene rings is 2. The van der Waals surface area contributed by atoms with Crippen LogP contribution >= 0.6 is 0 Å². The third-order valence-electron chi connectivity index (χ3n) is 4.84. The van der Waals surface area contributed by atoms with Crippen LogP contribution in [0, 0.1) is 20.8 Å². The van der Waals surface area contributed by atoms with Crippen molar-refractivity contribution in [3.63, 3.8) is 0 Å². The summed E-state index contributed by atoms with van der Waals surface area (Å²) in [4.78, 5) is 36.9. The summed E-state index contributed by atoms with van der Waals surface area (Å²) in [5.41, 5.74) is 4.27. The summed E-state index contributed by atoms with van der Waals surface area (Å²) < 4.78 is 1.13. The zero-order valence-corrected chi connectivity index (χ0v) is 17.2. The number of aryl methyl sites for hydroxylation is 3. The molecule has 1 aromatic heterocycles. The second kappa shape index (κ2) is 9.17. The third-order valence-corrected chi connectivity index (χ3v) is 4.84. The normalized spacial score (nSPS) is 10.5. The quantitative estimate of drug-likeness (QED) is 0.658. The molecule has 2 N–H and O–H groups in total. The molecule has 0 aliphatic heterocycles. The summed E-state index contributed by atoms with van der Waals surface area (Å²) in [7, 11) is 0. The summed E-state index contributed by atoms with van der Waals surface area (Å²) in [6, 6.07) is 15.7. The first-order valence-electron chi connectivity index (χ1n) is 9.66. The van der Waals surface area contributed by atoms with Crippen molar-refractivity contribution in [1.29, 1.82) is 0 Å². The summed E-state index contributed by atoms with van der Waals surface area (Å²) in [5.74, 6) is -0.653. The predicted octanol–water partition coefficient (Wildman–Crippen LogP) is 3.45. The van der Waals surface area contributed by atoms with Gasteiger partial charge in [0.15, 0.2) is 0 Å². The Kier molecular flexibility index (Phi) is 6.41. The van der Waals surface area contributed by atoms with E-state index in [-0.39, 0.29) is 30.1 Å². The van der Waals surface area contributed by atoms with Gasteiger partial charge >= 0.3 is 0 Å². The van der Waals surface area contributed by atoms with Crippen LogP contribution in [0.1, 0.15) is 33.6 Å². The average Bonchev–Trinajstić information content (AvgIpc) is 2.72. The van der Waals surface area contributed by atoms with Crippen molar-refractivity contribution in [2.45, 2.75) is 33.7 Å². The van der Waals surface area contributed by atoms with E-state index in [0.29, 0.717) is 5.69 Å². The van der Waals surface area contributed by atoms with E-state index in [9.17, 15) is 14.4 Å². The molecule has 30 heavy (non-hydrogen) atoms. The van der Waals surface area contributed by atoms with Gasteiger partial charge in [-0.15, -0.1) is 0 Å². The molecule has 0 atom stereocenters. The van der Waals surface area contributed by atoms with E-state index in [0.717, 1.165) is 27.1 Å². The van der Waals surface area contributed by atoms with Gasteiger partial charge in [-0.1, -0.05) is 29.8 Å². The maximum atomic E-state index is 12.4. The van der Waals surface area contributed by atoms with Crippen LogP contribution in [-0.4, -0.2) is 21.6 Å². The Bertz CT molecular complexity index is 1130. The lowest BCUT2D eigenvalue weighted by Crippen LogP contribution is -2.28. The Morgan fingerprint density at radius 2 is 1.67 bits per heavy atom. The molecule has 3 aromatic rings. The van der Waals surface area contributed by atoms with Gasteiger partial charge in [-0.25, -0.2) is 4.68 Å². The van der Waals surface area contributed by atoms with Crippen molar-refractivity contribution < 1.29 is 9.59 Å². The Morgan fingerprint density at radius 3 is 2.40 bits per heavy atom. The summed E-state index contributed by atoms with van der Waals surface area (Å²) in [6.07, 6.45) is 0.0589. The number of carbonyl (C=O) groups is 2. The number of hydrogen-bond acceptors (Lipinski definition) is 4. The van der Waals surface area contributed by atoms with Crippen LogP contribution in [0.5, 0.6) is 0 Å². The first kappa shape index (κ1) is 21.0. The maximum Gasteiger partial charge on any atom is 0.276 e. The van der Waals surface area contributed by atoms with E-state index < -0.39 is 5.91 Å². The molecule has 2 amide bonds. The largest absolute Gasteiger partial charge is 0.326 e. The Hall–Kier alpha value is -3.74. The number of carbonyl (C=O) groups excluding carboxylic acids is 2. The Balaban J connectivity index is 1.65. The van der Waals surface area contributed by atoms with E-state index in [2.05, 4.69) is 15.7 Å².